The number of fused-ring (bicyclic) bond motifs is 2. The fourth-order valence-electron chi connectivity index (χ4n) is 12.1. The molecule has 1 aromatic carbocycles. The molecule has 5 aliphatic carbocycles. The fourth-order valence-corrected chi connectivity index (χ4v) is 12.1. The zero-order valence-corrected chi connectivity index (χ0v) is 26.9. The first-order valence-corrected chi connectivity index (χ1v) is 15.3. The molecule has 1 saturated heterocycles. The molecule has 12 heteroatoms. The summed E-state index contributed by atoms with van der Waals surface area (Å²) in [5, 5.41) is 36.9. The Kier molecular flexibility index (Phi) is 8.02. The number of likely N-dealkylation sites (tertiary alicyclic amines) is 1. The van der Waals surface area contributed by atoms with Gasteiger partial charge in [-0.2, -0.15) is 0 Å². The van der Waals surface area contributed by atoms with E-state index in [0.29, 0.717) is 25.1 Å². The second-order valence-corrected chi connectivity index (χ2v) is 13.9. The number of methoxy groups -OCH3 is 5. The Morgan fingerprint density at radius 1 is 1.00 bits per heavy atom. The molecule has 0 aromatic heterocycles. The standard InChI is InChI=1S/C32H45NO10.ClH/c1-33-14-29(15-38-2)18(34)12-19(39-3)31-17-13-30(37)26(43-28(36)16-10-8-7-9-11-16)20(17)32(42-6,25(35)27(30)41-5)21(24(31)33)22(40-4)23(29)31;/h7-11,17-27,34-35,37H,12-15H2,1-6H3;1H/t17-,18-,19+,20-,21-,22+,23-,24-,25+,26-,27+,29+,30+,31+,32-;/m1./s1. The van der Waals surface area contributed by atoms with Gasteiger partial charge in [0, 0.05) is 83.1 Å². The van der Waals surface area contributed by atoms with E-state index in [1.807, 2.05) is 13.1 Å². The smallest absolute Gasteiger partial charge is 0.338 e. The lowest BCUT2D eigenvalue weighted by Crippen LogP contribution is -2.81. The van der Waals surface area contributed by atoms with Crippen LogP contribution in [0.4, 0.5) is 0 Å². The maximum absolute atomic E-state index is 13.6. The third kappa shape index (κ3) is 3.47. The van der Waals surface area contributed by atoms with E-state index >= 15 is 0 Å². The van der Waals surface area contributed by atoms with Crippen LogP contribution >= 0.6 is 12.4 Å². The quantitative estimate of drug-likeness (QED) is 0.348. The molecule has 246 valence electrons. The molecule has 3 N–H and O–H groups in total. The van der Waals surface area contributed by atoms with Crippen LogP contribution in [0.15, 0.2) is 30.3 Å². The molecular weight excluding hydrogens is 594 g/mol. The Morgan fingerprint density at radius 2 is 1.70 bits per heavy atom. The number of aliphatic hydroxyl groups excluding tert-OH is 2. The van der Waals surface area contributed by atoms with Gasteiger partial charge in [-0.15, -0.1) is 12.4 Å². The van der Waals surface area contributed by atoms with E-state index in [-0.39, 0.29) is 36.7 Å². The highest BCUT2D eigenvalue weighted by Gasteiger charge is 2.91. The molecule has 11 nitrogen and oxygen atoms in total. The predicted octanol–water partition coefficient (Wildman–Crippen LogP) is 0.763. The van der Waals surface area contributed by atoms with Crippen molar-refractivity contribution in [1.82, 2.24) is 4.90 Å². The van der Waals surface area contributed by atoms with E-state index in [4.69, 9.17) is 28.4 Å². The SMILES string of the molecule is COC[C@]12CN(C)[C@@H]3[C@H]4[C@H](OC)[C@H]1[C@@]3([C@@H](OC)C[C@H]2O)[C@@H]1C[C@]2(O)[C@H](OC(=O)c3ccccc3)[C@@H]1[C@]4(OC)[C@@H](O)[C@@H]2OC.Cl. The summed E-state index contributed by atoms with van der Waals surface area (Å²) in [6, 6.07) is 8.51. The molecule has 6 fully saturated rings. The molecule has 15 atom stereocenters. The van der Waals surface area contributed by atoms with E-state index in [9.17, 15) is 20.1 Å². The van der Waals surface area contributed by atoms with Crippen LogP contribution in [-0.4, -0.2) is 136 Å². The molecule has 1 aliphatic heterocycles. The number of carbonyl (C=O) groups excluding carboxylic acids is 1. The summed E-state index contributed by atoms with van der Waals surface area (Å²) >= 11 is 0. The number of hydrogen-bond acceptors (Lipinski definition) is 11. The molecule has 7 bridgehead atoms. The number of aliphatic hydroxyl groups is 3. The Hall–Kier alpha value is -1.38. The van der Waals surface area contributed by atoms with Gasteiger partial charge in [0.25, 0.3) is 0 Å². The average Bonchev–Trinajstić information content (AvgIpc) is 3.38. The maximum Gasteiger partial charge on any atom is 0.338 e. The molecular formula is C32H46ClNO10. The lowest BCUT2D eigenvalue weighted by molar-refractivity contribution is -0.324. The van der Waals surface area contributed by atoms with Crippen LogP contribution in [0.5, 0.6) is 0 Å². The highest BCUT2D eigenvalue weighted by molar-refractivity contribution is 5.89. The van der Waals surface area contributed by atoms with Crippen molar-refractivity contribution in [3.05, 3.63) is 35.9 Å². The van der Waals surface area contributed by atoms with Crippen molar-refractivity contribution in [1.29, 1.82) is 0 Å². The number of piperidine rings is 1. The van der Waals surface area contributed by atoms with Gasteiger partial charge >= 0.3 is 5.97 Å². The molecule has 0 radical (unpaired) electrons. The minimum Gasteiger partial charge on any atom is -0.455 e. The average molecular weight is 640 g/mol. The number of esters is 1. The monoisotopic (exact) mass is 639 g/mol. The molecule has 44 heavy (non-hydrogen) atoms. The second kappa shape index (κ2) is 10.8. The fraction of sp³-hybridized carbons (Fsp3) is 0.781. The van der Waals surface area contributed by atoms with Crippen molar-refractivity contribution in [3.8, 4) is 0 Å². The summed E-state index contributed by atoms with van der Waals surface area (Å²) in [5.74, 6) is -2.21. The van der Waals surface area contributed by atoms with Crippen molar-refractivity contribution in [3.63, 3.8) is 0 Å². The molecule has 5 saturated carbocycles. The zero-order valence-electron chi connectivity index (χ0n) is 26.1. The van der Waals surface area contributed by atoms with Crippen LogP contribution in [0.25, 0.3) is 0 Å². The van der Waals surface area contributed by atoms with E-state index < -0.39 is 76.5 Å². The van der Waals surface area contributed by atoms with E-state index in [0.717, 1.165) is 0 Å². The van der Waals surface area contributed by atoms with Crippen LogP contribution in [-0.2, 0) is 28.4 Å². The normalized spacial score (nSPS) is 51.5. The second-order valence-electron chi connectivity index (χ2n) is 13.9. The van der Waals surface area contributed by atoms with Gasteiger partial charge in [0.15, 0.2) is 0 Å². The van der Waals surface area contributed by atoms with E-state index in [2.05, 4.69) is 4.90 Å². The first-order valence-electron chi connectivity index (χ1n) is 15.3. The molecule has 0 amide bonds. The largest absolute Gasteiger partial charge is 0.455 e. The van der Waals surface area contributed by atoms with Gasteiger partial charge < -0.3 is 48.6 Å². The number of benzene rings is 1. The Bertz CT molecular complexity index is 1260. The van der Waals surface area contributed by atoms with Crippen LogP contribution < -0.4 is 0 Å². The van der Waals surface area contributed by atoms with E-state index in [1.54, 1.807) is 52.7 Å². The number of halogens is 1. The van der Waals surface area contributed by atoms with Gasteiger partial charge in [-0.3, -0.25) is 0 Å². The number of rotatable bonds is 8. The van der Waals surface area contributed by atoms with Crippen molar-refractivity contribution in [2.75, 3.05) is 55.7 Å². The lowest BCUT2D eigenvalue weighted by Gasteiger charge is -2.70. The van der Waals surface area contributed by atoms with Gasteiger partial charge in [0.1, 0.15) is 29.5 Å². The summed E-state index contributed by atoms with van der Waals surface area (Å²) in [5.41, 5.74) is -4.01. The molecule has 1 aromatic rings. The summed E-state index contributed by atoms with van der Waals surface area (Å²) in [4.78, 5) is 15.9. The van der Waals surface area contributed by atoms with Crippen LogP contribution in [0, 0.1) is 34.5 Å². The van der Waals surface area contributed by atoms with Crippen molar-refractivity contribution in [2.24, 2.45) is 34.5 Å². The maximum atomic E-state index is 13.6. The molecule has 1 spiro atoms. The van der Waals surface area contributed by atoms with Crippen LogP contribution in [0.1, 0.15) is 23.2 Å². The molecule has 6 aliphatic rings. The summed E-state index contributed by atoms with van der Waals surface area (Å²) in [7, 11) is 10.1. The highest BCUT2D eigenvalue weighted by atomic mass is 35.5. The van der Waals surface area contributed by atoms with Gasteiger partial charge in [-0.05, 0) is 31.5 Å². The Balaban J connectivity index is 0.00000343. The summed E-state index contributed by atoms with van der Waals surface area (Å²) in [6.45, 7) is 0.863. The zero-order chi connectivity index (χ0) is 30.7. The summed E-state index contributed by atoms with van der Waals surface area (Å²) in [6.07, 6.45) is -4.43. The van der Waals surface area contributed by atoms with Gasteiger partial charge in [-0.25, -0.2) is 4.79 Å². The first kappa shape index (κ1) is 32.6. The highest BCUT2D eigenvalue weighted by Crippen LogP contribution is 2.80. The summed E-state index contributed by atoms with van der Waals surface area (Å²) < 4.78 is 37.4. The van der Waals surface area contributed by atoms with Crippen LogP contribution in [0.2, 0.25) is 0 Å². The molecule has 1 heterocycles. The third-order valence-electron chi connectivity index (χ3n) is 12.9. The molecule has 0 unspecified atom stereocenters. The minimum atomic E-state index is -1.71. The van der Waals surface area contributed by atoms with Crippen LogP contribution in [0.3, 0.4) is 0 Å². The molecule has 7 rings (SSSR count). The van der Waals surface area contributed by atoms with Crippen molar-refractivity contribution in [2.45, 2.75) is 66.7 Å². The number of hydrogen-bond donors (Lipinski definition) is 3. The number of carbonyl (C=O) groups is 1. The minimum absolute atomic E-state index is 0. The third-order valence-corrected chi connectivity index (χ3v) is 12.9. The Labute approximate surface area is 264 Å². The van der Waals surface area contributed by atoms with Gasteiger partial charge in [0.05, 0.1) is 30.5 Å². The van der Waals surface area contributed by atoms with E-state index in [1.165, 1.54) is 7.11 Å². The van der Waals surface area contributed by atoms with Crippen molar-refractivity contribution < 1.29 is 48.5 Å². The van der Waals surface area contributed by atoms with Gasteiger partial charge in [0.2, 0.25) is 0 Å². The number of ether oxygens (including phenoxy) is 6. The predicted molar refractivity (Wildman–Crippen MR) is 158 cm³/mol. The van der Waals surface area contributed by atoms with Gasteiger partial charge in [-0.1, -0.05) is 18.2 Å². The number of nitrogens with zero attached hydrogens (tertiary/aromatic N) is 1. The first-order chi connectivity index (χ1) is 20.6. The lowest BCUT2D eigenvalue weighted by atomic mass is 9.42. The Morgan fingerprint density at radius 3 is 2.30 bits per heavy atom. The van der Waals surface area contributed by atoms with Crippen molar-refractivity contribution >= 4 is 18.4 Å². The topological polar surface area (TPSA) is 136 Å².